The van der Waals surface area contributed by atoms with Crippen molar-refractivity contribution in [3.8, 4) is 0 Å². The number of rotatable bonds is 13. The van der Waals surface area contributed by atoms with Gasteiger partial charge in [-0.2, -0.15) is 0 Å². The molecule has 0 saturated heterocycles. The average molecular weight is 317 g/mol. The highest BCUT2D eigenvalue weighted by atomic mass is 15.1. The maximum atomic E-state index is 3.64. The Morgan fingerprint density at radius 1 is 1.04 bits per heavy atom. The molecule has 1 aromatic carbocycles. The molecule has 0 fully saturated rings. The topological polar surface area (TPSA) is 15.3 Å². The van der Waals surface area contributed by atoms with Crippen LogP contribution in [0.2, 0.25) is 0 Å². The molecule has 1 rings (SSSR count). The van der Waals surface area contributed by atoms with Crippen molar-refractivity contribution in [1.29, 1.82) is 0 Å². The van der Waals surface area contributed by atoms with E-state index in [2.05, 4.69) is 73.7 Å². The van der Waals surface area contributed by atoms with E-state index in [1.54, 1.807) is 0 Å². The molecule has 0 aliphatic carbocycles. The first-order chi connectivity index (χ1) is 11.2. The molecule has 0 spiro atoms. The summed E-state index contributed by atoms with van der Waals surface area (Å²) in [7, 11) is 4.28. The minimum Gasteiger partial charge on any atom is -0.316 e. The standard InChI is InChI=1S/C21H36N2/c1-4-5-6-8-14-21(19-22-17-11-18-23(2)3)16-15-20-12-9-7-10-13-20/h7,9-10,12-13,15-16,21-22H,4-6,8,11,14,17-19H2,1-3H3/b16-15+. The van der Waals surface area contributed by atoms with Crippen LogP contribution in [-0.4, -0.2) is 38.6 Å². The van der Waals surface area contributed by atoms with Crippen LogP contribution in [0.5, 0.6) is 0 Å². The first kappa shape index (κ1) is 19.9. The molecule has 130 valence electrons. The molecule has 23 heavy (non-hydrogen) atoms. The number of nitrogens with one attached hydrogen (secondary N) is 1. The van der Waals surface area contributed by atoms with Crippen molar-refractivity contribution in [2.24, 2.45) is 5.92 Å². The Morgan fingerprint density at radius 2 is 1.83 bits per heavy atom. The summed E-state index contributed by atoms with van der Waals surface area (Å²) in [6.45, 7) is 5.65. The fourth-order valence-corrected chi connectivity index (χ4v) is 2.72. The van der Waals surface area contributed by atoms with Crippen molar-refractivity contribution in [3.63, 3.8) is 0 Å². The first-order valence-corrected chi connectivity index (χ1v) is 9.31. The van der Waals surface area contributed by atoms with Gasteiger partial charge >= 0.3 is 0 Å². The molecule has 1 unspecified atom stereocenters. The lowest BCUT2D eigenvalue weighted by molar-refractivity contribution is 0.389. The van der Waals surface area contributed by atoms with Crippen molar-refractivity contribution in [1.82, 2.24) is 10.2 Å². The lowest BCUT2D eigenvalue weighted by Crippen LogP contribution is -2.25. The lowest BCUT2D eigenvalue weighted by Gasteiger charge is -2.15. The van der Waals surface area contributed by atoms with E-state index in [0.717, 1.165) is 19.6 Å². The second-order valence-corrected chi connectivity index (χ2v) is 6.74. The molecule has 0 aliphatic rings. The van der Waals surface area contributed by atoms with Crippen LogP contribution >= 0.6 is 0 Å². The van der Waals surface area contributed by atoms with Crippen molar-refractivity contribution in [3.05, 3.63) is 42.0 Å². The maximum absolute atomic E-state index is 3.64. The predicted octanol–water partition coefficient (Wildman–Crippen LogP) is 4.83. The van der Waals surface area contributed by atoms with Gasteiger partial charge in [0.1, 0.15) is 0 Å². The summed E-state index contributed by atoms with van der Waals surface area (Å²) in [5.74, 6) is 0.645. The van der Waals surface area contributed by atoms with Gasteiger partial charge in [-0.25, -0.2) is 0 Å². The van der Waals surface area contributed by atoms with Gasteiger partial charge in [0, 0.05) is 6.54 Å². The van der Waals surface area contributed by atoms with Gasteiger partial charge in [-0.1, -0.05) is 75.1 Å². The van der Waals surface area contributed by atoms with E-state index in [9.17, 15) is 0 Å². The number of nitrogens with zero attached hydrogens (tertiary/aromatic N) is 1. The molecule has 2 heteroatoms. The Kier molecular flexibility index (Phi) is 11.5. The van der Waals surface area contributed by atoms with Crippen molar-refractivity contribution < 1.29 is 0 Å². The van der Waals surface area contributed by atoms with Crippen molar-refractivity contribution in [2.75, 3.05) is 33.7 Å². The highest BCUT2D eigenvalue weighted by molar-refractivity contribution is 5.48. The van der Waals surface area contributed by atoms with E-state index < -0.39 is 0 Å². The molecule has 0 aliphatic heterocycles. The molecule has 0 aromatic heterocycles. The van der Waals surface area contributed by atoms with Crippen LogP contribution in [-0.2, 0) is 0 Å². The molecule has 1 atom stereocenters. The predicted molar refractivity (Wildman–Crippen MR) is 104 cm³/mol. The van der Waals surface area contributed by atoms with Gasteiger partial charge in [-0.15, -0.1) is 0 Å². The minimum absolute atomic E-state index is 0.645. The summed E-state index contributed by atoms with van der Waals surface area (Å²) in [4.78, 5) is 2.25. The molecule has 0 saturated carbocycles. The summed E-state index contributed by atoms with van der Waals surface area (Å²) in [6.07, 6.45) is 12.6. The summed E-state index contributed by atoms with van der Waals surface area (Å²) in [5, 5.41) is 3.64. The molecule has 1 N–H and O–H groups in total. The summed E-state index contributed by atoms with van der Waals surface area (Å²) >= 11 is 0. The van der Waals surface area contributed by atoms with Crippen LogP contribution < -0.4 is 5.32 Å². The van der Waals surface area contributed by atoms with Gasteiger partial charge in [0.15, 0.2) is 0 Å². The quantitative estimate of drug-likeness (QED) is 0.524. The maximum Gasteiger partial charge on any atom is 0.00143 e. The highest BCUT2D eigenvalue weighted by Gasteiger charge is 2.04. The van der Waals surface area contributed by atoms with E-state index in [1.165, 1.54) is 44.1 Å². The molecule has 0 bridgehead atoms. The van der Waals surface area contributed by atoms with Gasteiger partial charge < -0.3 is 10.2 Å². The zero-order valence-corrected chi connectivity index (χ0v) is 15.4. The van der Waals surface area contributed by atoms with Crippen LogP contribution in [0.3, 0.4) is 0 Å². The molecule has 1 aromatic rings. The molecular weight excluding hydrogens is 280 g/mol. The third-order valence-electron chi connectivity index (χ3n) is 4.15. The summed E-state index contributed by atoms with van der Waals surface area (Å²) in [6, 6.07) is 10.6. The van der Waals surface area contributed by atoms with E-state index in [-0.39, 0.29) is 0 Å². The molecule has 0 heterocycles. The van der Waals surface area contributed by atoms with Crippen LogP contribution in [0, 0.1) is 5.92 Å². The Morgan fingerprint density at radius 3 is 2.52 bits per heavy atom. The summed E-state index contributed by atoms with van der Waals surface area (Å²) < 4.78 is 0. The van der Waals surface area contributed by atoms with Crippen LogP contribution in [0.15, 0.2) is 36.4 Å². The smallest absolute Gasteiger partial charge is 0.00143 e. The van der Waals surface area contributed by atoms with E-state index >= 15 is 0 Å². The van der Waals surface area contributed by atoms with Crippen molar-refractivity contribution >= 4 is 6.08 Å². The van der Waals surface area contributed by atoms with Crippen LogP contribution in [0.1, 0.15) is 51.0 Å². The second kappa shape index (κ2) is 13.3. The highest BCUT2D eigenvalue weighted by Crippen LogP contribution is 2.14. The van der Waals surface area contributed by atoms with Gasteiger partial charge in [0.25, 0.3) is 0 Å². The van der Waals surface area contributed by atoms with Crippen LogP contribution in [0.25, 0.3) is 6.08 Å². The fraction of sp³-hybridized carbons (Fsp3) is 0.619. The normalized spacial score (nSPS) is 13.0. The molecule has 2 nitrogen and oxygen atoms in total. The fourth-order valence-electron chi connectivity index (χ4n) is 2.72. The molecule has 0 radical (unpaired) electrons. The largest absolute Gasteiger partial charge is 0.316 e. The Balaban J connectivity index is 2.36. The van der Waals surface area contributed by atoms with Gasteiger partial charge in [-0.3, -0.25) is 0 Å². The summed E-state index contributed by atoms with van der Waals surface area (Å²) in [5.41, 5.74) is 1.30. The van der Waals surface area contributed by atoms with E-state index in [4.69, 9.17) is 0 Å². The number of benzene rings is 1. The van der Waals surface area contributed by atoms with Crippen LogP contribution in [0.4, 0.5) is 0 Å². The molecule has 0 amide bonds. The number of unbranched alkanes of at least 4 members (excludes halogenated alkanes) is 3. The van der Waals surface area contributed by atoms with E-state index in [1.807, 2.05) is 0 Å². The van der Waals surface area contributed by atoms with Crippen molar-refractivity contribution in [2.45, 2.75) is 45.4 Å². The third-order valence-corrected chi connectivity index (χ3v) is 4.15. The number of hydrogen-bond acceptors (Lipinski definition) is 2. The second-order valence-electron chi connectivity index (χ2n) is 6.74. The van der Waals surface area contributed by atoms with Gasteiger partial charge in [0.2, 0.25) is 0 Å². The zero-order valence-electron chi connectivity index (χ0n) is 15.4. The third kappa shape index (κ3) is 11.1. The Bertz CT molecular complexity index is 398. The van der Waals surface area contributed by atoms with Gasteiger partial charge in [-0.05, 0) is 51.5 Å². The minimum atomic E-state index is 0.645. The first-order valence-electron chi connectivity index (χ1n) is 9.31. The monoisotopic (exact) mass is 316 g/mol. The Hall–Kier alpha value is -1.12. The Labute approximate surface area is 144 Å². The van der Waals surface area contributed by atoms with E-state index in [0.29, 0.717) is 5.92 Å². The molecular formula is C21H36N2. The SMILES string of the molecule is CCCCCCC(/C=C/c1ccccc1)CNCCCN(C)C. The lowest BCUT2D eigenvalue weighted by atomic mass is 9.99. The number of hydrogen-bond donors (Lipinski definition) is 1. The zero-order chi connectivity index (χ0) is 16.8. The average Bonchev–Trinajstić information content (AvgIpc) is 2.56. The van der Waals surface area contributed by atoms with Gasteiger partial charge in [0.05, 0.1) is 0 Å².